The number of epoxide rings is 2. The third kappa shape index (κ3) is 5.42. The monoisotopic (exact) mass is 559 g/mol. The molecule has 2 heterocycles. The lowest BCUT2D eigenvalue weighted by Gasteiger charge is -2.19. The van der Waals surface area contributed by atoms with Crippen LogP contribution in [0.4, 0.5) is 5.69 Å². The first-order valence-electron chi connectivity index (χ1n) is 14.8. The molecule has 2 fully saturated rings. The maximum Gasteiger partial charge on any atom is 0.145 e. The normalized spacial score (nSPS) is 17.5. The average Bonchev–Trinajstić information content (AvgIpc) is 3.90. The highest BCUT2D eigenvalue weighted by atomic mass is 16.6. The second-order valence-corrected chi connectivity index (χ2v) is 11.8. The molecule has 5 heteroatoms. The molecule has 2 atom stereocenters. The molecule has 5 aromatic carbocycles. The number of aryl methyl sites for hydroxylation is 3. The molecule has 2 unspecified atom stereocenters. The molecule has 0 amide bonds. The van der Waals surface area contributed by atoms with E-state index in [9.17, 15) is 0 Å². The highest BCUT2D eigenvalue weighted by Gasteiger charge is 2.25. The van der Waals surface area contributed by atoms with Crippen LogP contribution in [0.15, 0.2) is 72.8 Å². The number of nitrogens with two attached hydrogens (primary N) is 1. The minimum atomic E-state index is 0.196. The van der Waals surface area contributed by atoms with Crippen LogP contribution in [-0.2, 0) is 22.3 Å². The molecule has 5 aromatic rings. The van der Waals surface area contributed by atoms with E-state index in [0.717, 1.165) is 43.1 Å². The molecule has 5 nitrogen and oxygen atoms in total. The number of anilines is 1. The zero-order chi connectivity index (χ0) is 28.8. The van der Waals surface area contributed by atoms with Crippen LogP contribution in [0.2, 0.25) is 0 Å². The molecule has 0 bridgehead atoms. The van der Waals surface area contributed by atoms with E-state index < -0.39 is 0 Å². The van der Waals surface area contributed by atoms with Crippen molar-refractivity contribution < 1.29 is 18.9 Å². The Morgan fingerprint density at radius 1 is 0.619 bits per heavy atom. The van der Waals surface area contributed by atoms with Crippen LogP contribution in [0.3, 0.4) is 0 Å². The fraction of sp³-hybridized carbons (Fsp3) is 0.297. The van der Waals surface area contributed by atoms with E-state index in [1.165, 1.54) is 54.9 Å². The third-order valence-corrected chi connectivity index (χ3v) is 8.43. The van der Waals surface area contributed by atoms with Crippen molar-refractivity contribution >= 4 is 27.2 Å². The summed E-state index contributed by atoms with van der Waals surface area (Å²) in [6.45, 7) is 9.09. The summed E-state index contributed by atoms with van der Waals surface area (Å²) in [4.78, 5) is 0. The predicted molar refractivity (Wildman–Crippen MR) is 169 cm³/mol. The maximum absolute atomic E-state index is 6.51. The van der Waals surface area contributed by atoms with Crippen molar-refractivity contribution in [2.75, 3.05) is 32.2 Å². The summed E-state index contributed by atoms with van der Waals surface area (Å²) in [5, 5.41) is 5.15. The summed E-state index contributed by atoms with van der Waals surface area (Å²) >= 11 is 0. The molecule has 42 heavy (non-hydrogen) atoms. The van der Waals surface area contributed by atoms with Crippen LogP contribution in [-0.4, -0.2) is 38.6 Å². The summed E-state index contributed by atoms with van der Waals surface area (Å²) < 4.78 is 22.7. The Morgan fingerprint density at radius 3 is 1.40 bits per heavy atom. The van der Waals surface area contributed by atoms with Crippen molar-refractivity contribution in [3.05, 3.63) is 112 Å². The Hall–Kier alpha value is -4.06. The molecule has 2 saturated heterocycles. The minimum Gasteiger partial charge on any atom is -0.490 e. The van der Waals surface area contributed by atoms with Crippen LogP contribution < -0.4 is 15.2 Å². The Kier molecular flexibility index (Phi) is 7.01. The molecule has 0 spiro atoms. The Balaban J connectivity index is 1.26. The van der Waals surface area contributed by atoms with Crippen molar-refractivity contribution in [3.63, 3.8) is 0 Å². The second-order valence-electron chi connectivity index (χ2n) is 11.8. The Morgan fingerprint density at radius 2 is 1.00 bits per heavy atom. The third-order valence-electron chi connectivity index (χ3n) is 8.43. The van der Waals surface area contributed by atoms with Gasteiger partial charge in [0.25, 0.3) is 0 Å². The highest BCUT2D eigenvalue weighted by molar-refractivity contribution is 6.06. The summed E-state index contributed by atoms with van der Waals surface area (Å²) in [6.07, 6.45) is 2.07. The number of benzene rings is 5. The quantitative estimate of drug-likeness (QED) is 0.111. The van der Waals surface area contributed by atoms with E-state index in [1.807, 2.05) is 0 Å². The maximum atomic E-state index is 6.51. The van der Waals surface area contributed by atoms with Gasteiger partial charge >= 0.3 is 0 Å². The fourth-order valence-corrected chi connectivity index (χ4v) is 6.33. The molecule has 0 radical (unpaired) electrons. The number of fused-ring (bicyclic) bond motifs is 2. The molecule has 0 aliphatic carbocycles. The lowest BCUT2D eigenvalue weighted by Crippen LogP contribution is -2.08. The van der Waals surface area contributed by atoms with Crippen LogP contribution in [0.5, 0.6) is 11.5 Å². The summed E-state index contributed by atoms with van der Waals surface area (Å²) in [5.41, 5.74) is 15.7. The summed E-state index contributed by atoms with van der Waals surface area (Å²) in [5.74, 6) is 1.74. The van der Waals surface area contributed by atoms with E-state index in [2.05, 4.69) is 93.6 Å². The zero-order valence-corrected chi connectivity index (χ0v) is 24.5. The molecule has 0 saturated carbocycles. The van der Waals surface area contributed by atoms with E-state index in [0.29, 0.717) is 18.9 Å². The van der Waals surface area contributed by atoms with Crippen molar-refractivity contribution in [2.24, 2.45) is 0 Å². The van der Waals surface area contributed by atoms with Crippen molar-refractivity contribution in [2.45, 2.75) is 45.8 Å². The van der Waals surface area contributed by atoms with Gasteiger partial charge in [-0.1, -0.05) is 66.7 Å². The molecular formula is C37H37NO4. The number of ether oxygens (including phenoxy) is 4. The van der Waals surface area contributed by atoms with Gasteiger partial charge in [0.05, 0.1) is 18.9 Å². The summed E-state index contributed by atoms with van der Waals surface area (Å²) in [7, 11) is 0. The van der Waals surface area contributed by atoms with Crippen LogP contribution >= 0.6 is 0 Å². The van der Waals surface area contributed by atoms with Gasteiger partial charge in [0.15, 0.2) is 0 Å². The Bertz CT molecular complexity index is 1570. The first-order chi connectivity index (χ1) is 20.4. The van der Waals surface area contributed by atoms with Gasteiger partial charge in [0, 0.05) is 0 Å². The molecule has 2 aliphatic heterocycles. The van der Waals surface area contributed by atoms with Gasteiger partial charge in [-0.15, -0.1) is 0 Å². The molecule has 2 aliphatic rings. The van der Waals surface area contributed by atoms with E-state index >= 15 is 0 Å². The standard InChI is InChI=1S/C37H37NO4/c1-22-12-25(13-23(2)36(22)41-20-27-18-39-27)15-33-29-8-4-6-10-31(29)34(32-11-7-5-9-30(32)33)16-26-14-24(3)37(35(38)17-26)42-21-28-19-40-28/h4-14,17,27-28H,15-16,18-21,38H2,1-3H3. The fourth-order valence-electron chi connectivity index (χ4n) is 6.33. The lowest BCUT2D eigenvalue weighted by molar-refractivity contribution is 0.260. The number of nitrogen functional groups attached to an aromatic ring is 1. The first-order valence-corrected chi connectivity index (χ1v) is 14.8. The summed E-state index contributed by atoms with van der Waals surface area (Å²) in [6, 6.07) is 26.5. The van der Waals surface area contributed by atoms with E-state index in [4.69, 9.17) is 24.7 Å². The smallest absolute Gasteiger partial charge is 0.145 e. The van der Waals surface area contributed by atoms with Gasteiger partial charge in [0.1, 0.15) is 36.9 Å². The molecular weight excluding hydrogens is 522 g/mol. The van der Waals surface area contributed by atoms with E-state index in [-0.39, 0.29) is 12.2 Å². The topological polar surface area (TPSA) is 69.5 Å². The van der Waals surface area contributed by atoms with Crippen LogP contribution in [0.25, 0.3) is 21.5 Å². The number of rotatable bonds is 10. The minimum absolute atomic E-state index is 0.196. The van der Waals surface area contributed by atoms with Crippen molar-refractivity contribution in [1.29, 1.82) is 0 Å². The van der Waals surface area contributed by atoms with Gasteiger partial charge in [0.2, 0.25) is 0 Å². The largest absolute Gasteiger partial charge is 0.490 e. The van der Waals surface area contributed by atoms with Crippen LogP contribution in [0, 0.1) is 20.8 Å². The van der Waals surface area contributed by atoms with Gasteiger partial charge in [-0.05, 0) is 100 Å². The zero-order valence-electron chi connectivity index (χ0n) is 24.5. The second kappa shape index (κ2) is 11.0. The lowest BCUT2D eigenvalue weighted by atomic mass is 9.86. The molecule has 7 rings (SSSR count). The van der Waals surface area contributed by atoms with Crippen LogP contribution in [0.1, 0.15) is 38.9 Å². The van der Waals surface area contributed by atoms with Gasteiger partial charge in [-0.25, -0.2) is 0 Å². The van der Waals surface area contributed by atoms with E-state index in [1.54, 1.807) is 0 Å². The van der Waals surface area contributed by atoms with Gasteiger partial charge < -0.3 is 24.7 Å². The van der Waals surface area contributed by atoms with Crippen molar-refractivity contribution in [3.8, 4) is 11.5 Å². The average molecular weight is 560 g/mol. The molecule has 214 valence electrons. The predicted octanol–water partition coefficient (Wildman–Crippen LogP) is 7.24. The Labute approximate surface area is 247 Å². The van der Waals surface area contributed by atoms with Crippen molar-refractivity contribution in [1.82, 2.24) is 0 Å². The molecule has 0 aromatic heterocycles. The first kappa shape index (κ1) is 26.8. The highest BCUT2D eigenvalue weighted by Crippen LogP contribution is 2.38. The number of hydrogen-bond acceptors (Lipinski definition) is 5. The number of hydrogen-bond donors (Lipinski definition) is 1. The molecule has 2 N–H and O–H groups in total. The van der Waals surface area contributed by atoms with Gasteiger partial charge in [-0.3, -0.25) is 0 Å². The van der Waals surface area contributed by atoms with Gasteiger partial charge in [-0.2, -0.15) is 0 Å². The SMILES string of the molecule is Cc1cc(Cc2c3ccccc3c(Cc3cc(C)c(OCC4CO4)c(N)c3)c3ccccc23)cc(C)c1OCC1CO1.